The van der Waals surface area contributed by atoms with E-state index >= 15 is 0 Å². The van der Waals surface area contributed by atoms with Crippen molar-refractivity contribution in [3.8, 4) is 11.5 Å². The van der Waals surface area contributed by atoms with Gasteiger partial charge in [0.1, 0.15) is 0 Å². The summed E-state index contributed by atoms with van der Waals surface area (Å²) < 4.78 is 35.8. The van der Waals surface area contributed by atoms with Gasteiger partial charge in [-0.05, 0) is 31.2 Å². The van der Waals surface area contributed by atoms with E-state index in [1.165, 1.54) is 23.9 Å². The van der Waals surface area contributed by atoms with Crippen LogP contribution in [-0.4, -0.2) is 33.3 Å². The van der Waals surface area contributed by atoms with Crippen molar-refractivity contribution in [2.75, 3.05) is 19.0 Å². The van der Waals surface area contributed by atoms with Crippen LogP contribution < -0.4 is 19.7 Å². The number of carbonyl (C=O) groups excluding carboxylic acids is 1. The third-order valence-electron chi connectivity index (χ3n) is 3.75. The number of benzene rings is 2. The van der Waals surface area contributed by atoms with E-state index in [0.29, 0.717) is 24.7 Å². The molecule has 27 heavy (non-hydrogen) atoms. The Balaban J connectivity index is 1.57. The van der Waals surface area contributed by atoms with Crippen LogP contribution in [0.3, 0.4) is 0 Å². The molecule has 0 bridgehead atoms. The molecule has 0 aliphatic carbocycles. The van der Waals surface area contributed by atoms with Crippen LogP contribution in [-0.2, 0) is 14.8 Å². The molecule has 7 nitrogen and oxygen atoms in total. The van der Waals surface area contributed by atoms with Crippen molar-refractivity contribution in [3.63, 3.8) is 0 Å². The van der Waals surface area contributed by atoms with Gasteiger partial charge in [0.05, 0.1) is 23.9 Å². The second-order valence-corrected chi connectivity index (χ2v) is 8.65. The number of ether oxygens (including phenoxy) is 2. The van der Waals surface area contributed by atoms with Crippen molar-refractivity contribution in [1.29, 1.82) is 0 Å². The van der Waals surface area contributed by atoms with Crippen LogP contribution in [0.5, 0.6) is 11.5 Å². The van der Waals surface area contributed by atoms with Crippen molar-refractivity contribution in [2.45, 2.75) is 23.1 Å². The standard InChI is InChI=1S/C18H20N2O5S2/c1-13-3-5-14(6-4-13)26-12-18(21)19-20-27(22,23)15-7-8-16-17(11-15)25-10-2-9-24-16/h3-8,11,20H,2,9-10,12H2,1H3,(H,19,21). The third-order valence-corrected chi connectivity index (χ3v) is 6.00. The van der Waals surface area contributed by atoms with Gasteiger partial charge in [0, 0.05) is 17.4 Å². The Labute approximate surface area is 162 Å². The maximum Gasteiger partial charge on any atom is 0.257 e. The molecule has 0 unspecified atom stereocenters. The Morgan fingerprint density at radius 3 is 2.52 bits per heavy atom. The average Bonchev–Trinajstić information content (AvgIpc) is 2.91. The summed E-state index contributed by atoms with van der Waals surface area (Å²) in [5, 5.41) is 0. The lowest BCUT2D eigenvalue weighted by Crippen LogP contribution is -2.42. The van der Waals surface area contributed by atoms with Crippen molar-refractivity contribution in [2.24, 2.45) is 0 Å². The van der Waals surface area contributed by atoms with Gasteiger partial charge in [-0.2, -0.15) is 0 Å². The van der Waals surface area contributed by atoms with E-state index in [1.54, 1.807) is 6.07 Å². The summed E-state index contributed by atoms with van der Waals surface area (Å²) in [6.07, 6.45) is 0.726. The lowest BCUT2D eigenvalue weighted by Gasteiger charge is -2.11. The first-order valence-corrected chi connectivity index (χ1v) is 10.8. The highest BCUT2D eigenvalue weighted by Crippen LogP contribution is 2.31. The summed E-state index contributed by atoms with van der Waals surface area (Å²) >= 11 is 1.32. The predicted octanol–water partition coefficient (Wildman–Crippen LogP) is 2.26. The molecule has 2 aromatic rings. The Morgan fingerprint density at radius 2 is 1.78 bits per heavy atom. The Kier molecular flexibility index (Phi) is 6.25. The van der Waals surface area contributed by atoms with E-state index in [9.17, 15) is 13.2 Å². The maximum atomic E-state index is 12.4. The van der Waals surface area contributed by atoms with Crippen LogP contribution in [0.25, 0.3) is 0 Å². The monoisotopic (exact) mass is 408 g/mol. The van der Waals surface area contributed by atoms with Crippen LogP contribution >= 0.6 is 11.8 Å². The molecule has 2 aromatic carbocycles. The highest BCUT2D eigenvalue weighted by molar-refractivity contribution is 8.00. The molecular formula is C18H20N2O5S2. The molecule has 0 saturated heterocycles. The van der Waals surface area contributed by atoms with E-state index in [0.717, 1.165) is 16.9 Å². The van der Waals surface area contributed by atoms with E-state index in [4.69, 9.17) is 9.47 Å². The molecule has 144 valence electrons. The summed E-state index contributed by atoms with van der Waals surface area (Å²) in [7, 11) is -3.92. The molecule has 1 amide bonds. The average molecular weight is 409 g/mol. The van der Waals surface area contributed by atoms with Gasteiger partial charge in [0.2, 0.25) is 5.91 Å². The first-order valence-electron chi connectivity index (χ1n) is 8.34. The van der Waals surface area contributed by atoms with Gasteiger partial charge < -0.3 is 9.47 Å². The summed E-state index contributed by atoms with van der Waals surface area (Å²) in [5.74, 6) is 0.521. The summed E-state index contributed by atoms with van der Waals surface area (Å²) in [4.78, 5) is 15.0. The zero-order valence-corrected chi connectivity index (χ0v) is 16.4. The van der Waals surface area contributed by atoms with Crippen LogP contribution in [0.1, 0.15) is 12.0 Å². The molecular weight excluding hydrogens is 388 g/mol. The van der Waals surface area contributed by atoms with Gasteiger partial charge in [0.15, 0.2) is 11.5 Å². The summed E-state index contributed by atoms with van der Waals surface area (Å²) in [6.45, 7) is 2.96. The van der Waals surface area contributed by atoms with Gasteiger partial charge in [-0.1, -0.05) is 17.7 Å². The topological polar surface area (TPSA) is 93.7 Å². The summed E-state index contributed by atoms with van der Waals surface area (Å²) in [5.41, 5.74) is 3.36. The Hall–Kier alpha value is -2.23. The van der Waals surface area contributed by atoms with Crippen LogP contribution in [0.15, 0.2) is 52.3 Å². The molecule has 0 fully saturated rings. The third kappa shape index (κ3) is 5.38. The Morgan fingerprint density at radius 1 is 1.07 bits per heavy atom. The van der Waals surface area contributed by atoms with Gasteiger partial charge >= 0.3 is 0 Å². The highest BCUT2D eigenvalue weighted by atomic mass is 32.2. The van der Waals surface area contributed by atoms with E-state index in [1.807, 2.05) is 31.2 Å². The first-order chi connectivity index (χ1) is 12.9. The second-order valence-electron chi connectivity index (χ2n) is 5.91. The molecule has 0 atom stereocenters. The Bertz CT molecular complexity index is 914. The summed E-state index contributed by atoms with van der Waals surface area (Å²) in [6, 6.07) is 12.1. The fraction of sp³-hybridized carbons (Fsp3) is 0.278. The molecule has 9 heteroatoms. The maximum absolute atomic E-state index is 12.4. The SMILES string of the molecule is Cc1ccc(SCC(=O)NNS(=O)(=O)c2ccc3c(c2)OCCCO3)cc1. The minimum atomic E-state index is -3.92. The minimum absolute atomic E-state index is 0.0155. The number of sulfonamides is 1. The molecule has 1 aliphatic heterocycles. The molecule has 0 aromatic heterocycles. The number of hydrogen-bond donors (Lipinski definition) is 2. The number of hydrogen-bond acceptors (Lipinski definition) is 6. The number of aryl methyl sites for hydroxylation is 1. The number of nitrogens with one attached hydrogen (secondary N) is 2. The van der Waals surface area contributed by atoms with Gasteiger partial charge in [-0.3, -0.25) is 10.2 Å². The first kappa shape index (κ1) is 19.5. The highest BCUT2D eigenvalue weighted by Gasteiger charge is 2.19. The van der Waals surface area contributed by atoms with Crippen molar-refractivity contribution >= 4 is 27.7 Å². The molecule has 2 N–H and O–H groups in total. The van der Waals surface area contributed by atoms with Gasteiger partial charge in [-0.15, -0.1) is 16.6 Å². The van der Waals surface area contributed by atoms with E-state index in [-0.39, 0.29) is 10.6 Å². The van der Waals surface area contributed by atoms with Crippen LogP contribution in [0.4, 0.5) is 0 Å². The number of amides is 1. The van der Waals surface area contributed by atoms with Gasteiger partial charge in [0.25, 0.3) is 10.0 Å². The molecule has 3 rings (SSSR count). The number of carbonyl (C=O) groups is 1. The number of hydrazine groups is 1. The zero-order valence-electron chi connectivity index (χ0n) is 14.7. The fourth-order valence-corrected chi connectivity index (χ4v) is 3.89. The number of fused-ring (bicyclic) bond motifs is 1. The largest absolute Gasteiger partial charge is 0.490 e. The molecule has 1 heterocycles. The quantitative estimate of drug-likeness (QED) is 0.563. The predicted molar refractivity (Wildman–Crippen MR) is 102 cm³/mol. The normalized spacial score (nSPS) is 13.7. The smallest absolute Gasteiger partial charge is 0.257 e. The van der Waals surface area contributed by atoms with Crippen molar-refractivity contribution < 1.29 is 22.7 Å². The fourth-order valence-electron chi connectivity index (χ4n) is 2.31. The second kappa shape index (κ2) is 8.64. The van der Waals surface area contributed by atoms with Crippen LogP contribution in [0.2, 0.25) is 0 Å². The molecule has 0 saturated carbocycles. The van der Waals surface area contributed by atoms with Crippen LogP contribution in [0, 0.1) is 6.92 Å². The zero-order chi connectivity index (χ0) is 19.3. The number of thioether (sulfide) groups is 1. The van der Waals surface area contributed by atoms with Crippen molar-refractivity contribution in [3.05, 3.63) is 48.0 Å². The number of rotatable bonds is 6. The molecule has 1 aliphatic rings. The van der Waals surface area contributed by atoms with E-state index < -0.39 is 15.9 Å². The lowest BCUT2D eigenvalue weighted by atomic mass is 10.2. The molecule has 0 radical (unpaired) electrons. The molecule has 0 spiro atoms. The van der Waals surface area contributed by atoms with Gasteiger partial charge in [-0.25, -0.2) is 8.42 Å². The van der Waals surface area contributed by atoms with E-state index in [2.05, 4.69) is 10.3 Å². The minimum Gasteiger partial charge on any atom is -0.490 e. The van der Waals surface area contributed by atoms with Crippen molar-refractivity contribution in [1.82, 2.24) is 10.3 Å². The lowest BCUT2D eigenvalue weighted by molar-refractivity contribution is -0.119.